The smallest absolute Gasteiger partial charge is 0.125 e. The van der Waals surface area contributed by atoms with Crippen LogP contribution < -0.4 is 10.6 Å². The van der Waals surface area contributed by atoms with Crippen molar-refractivity contribution < 1.29 is 4.74 Å². The van der Waals surface area contributed by atoms with Gasteiger partial charge in [-0.25, -0.2) is 0 Å². The average molecular weight is 302 g/mol. The summed E-state index contributed by atoms with van der Waals surface area (Å²) in [6.45, 7) is 2.16. The molecule has 0 saturated carbocycles. The lowest BCUT2D eigenvalue weighted by Crippen LogP contribution is -2.48. The third-order valence-corrected chi connectivity index (χ3v) is 3.35. The van der Waals surface area contributed by atoms with Crippen LogP contribution in [0.25, 0.3) is 0 Å². The highest BCUT2D eigenvalue weighted by Gasteiger charge is 2.23. The van der Waals surface area contributed by atoms with Crippen molar-refractivity contribution in [2.45, 2.75) is 6.10 Å². The lowest BCUT2D eigenvalue weighted by atomic mass is 10.2. The molecule has 0 aliphatic carbocycles. The molecule has 4 nitrogen and oxygen atoms in total. The van der Waals surface area contributed by atoms with E-state index in [1.165, 1.54) is 0 Å². The highest BCUT2D eigenvalue weighted by molar-refractivity contribution is 9.10. The molecule has 1 fully saturated rings. The van der Waals surface area contributed by atoms with Gasteiger partial charge in [-0.05, 0) is 22.0 Å². The maximum Gasteiger partial charge on any atom is 0.125 e. The van der Waals surface area contributed by atoms with E-state index in [2.05, 4.69) is 25.8 Å². The molecule has 16 heavy (non-hydrogen) atoms. The zero-order valence-electron chi connectivity index (χ0n) is 8.60. The van der Waals surface area contributed by atoms with Crippen molar-refractivity contribution in [3.05, 3.63) is 22.9 Å². The molecule has 0 amide bonds. The summed E-state index contributed by atoms with van der Waals surface area (Å²) >= 11 is 8.43. The summed E-state index contributed by atoms with van der Waals surface area (Å²) in [5, 5.41) is 0. The molecule has 0 radical (unpaired) electrons. The summed E-state index contributed by atoms with van der Waals surface area (Å²) in [6, 6.07) is 1.96. The molecule has 0 spiro atoms. The number of nitrogens with zero attached hydrogens (tertiary/aromatic N) is 2. The van der Waals surface area contributed by atoms with E-state index in [1.807, 2.05) is 6.07 Å². The highest BCUT2D eigenvalue weighted by Crippen LogP contribution is 2.26. The Morgan fingerprint density at radius 1 is 1.69 bits per heavy atom. The fraction of sp³-hybridized carbons (Fsp3) is 0.400. The van der Waals surface area contributed by atoms with Crippen LogP contribution in [-0.4, -0.2) is 35.8 Å². The zero-order chi connectivity index (χ0) is 11.5. The van der Waals surface area contributed by atoms with Gasteiger partial charge in [0, 0.05) is 18.9 Å². The number of nitrogens with two attached hydrogens (primary N) is 1. The Morgan fingerprint density at radius 3 is 3.19 bits per heavy atom. The molecule has 2 rings (SSSR count). The fourth-order valence-electron chi connectivity index (χ4n) is 1.66. The molecule has 2 heterocycles. The second-order valence-corrected chi connectivity index (χ2v) is 4.86. The number of anilines is 1. The van der Waals surface area contributed by atoms with Gasteiger partial charge in [-0.15, -0.1) is 0 Å². The third kappa shape index (κ3) is 2.50. The van der Waals surface area contributed by atoms with Gasteiger partial charge < -0.3 is 15.4 Å². The number of morpholine rings is 1. The van der Waals surface area contributed by atoms with Crippen LogP contribution in [0.3, 0.4) is 0 Å². The number of rotatable bonds is 2. The largest absolute Gasteiger partial charge is 0.391 e. The first-order chi connectivity index (χ1) is 7.68. The van der Waals surface area contributed by atoms with Crippen LogP contribution in [0.15, 0.2) is 22.9 Å². The quantitative estimate of drug-likeness (QED) is 0.836. The van der Waals surface area contributed by atoms with Crippen LogP contribution in [-0.2, 0) is 4.74 Å². The van der Waals surface area contributed by atoms with Crippen LogP contribution in [0.5, 0.6) is 0 Å². The van der Waals surface area contributed by atoms with E-state index in [0.29, 0.717) is 18.1 Å². The molecule has 1 aliphatic heterocycles. The molecule has 6 heteroatoms. The van der Waals surface area contributed by atoms with Gasteiger partial charge in [-0.2, -0.15) is 0 Å². The lowest BCUT2D eigenvalue weighted by Gasteiger charge is -2.34. The van der Waals surface area contributed by atoms with Crippen molar-refractivity contribution in [1.82, 2.24) is 4.98 Å². The normalized spacial score (nSPS) is 20.8. The van der Waals surface area contributed by atoms with Crippen LogP contribution in [0.2, 0.25) is 0 Å². The summed E-state index contributed by atoms with van der Waals surface area (Å²) in [5.41, 5.74) is 6.70. The van der Waals surface area contributed by atoms with E-state index in [-0.39, 0.29) is 6.10 Å². The van der Waals surface area contributed by atoms with Gasteiger partial charge in [0.2, 0.25) is 0 Å². The predicted octanol–water partition coefficient (Wildman–Crippen LogP) is 1.34. The molecule has 1 aromatic heterocycles. The molecule has 1 unspecified atom stereocenters. The molecule has 1 aromatic rings. The van der Waals surface area contributed by atoms with Gasteiger partial charge in [0.15, 0.2) is 0 Å². The van der Waals surface area contributed by atoms with Crippen LogP contribution in [0.4, 0.5) is 5.69 Å². The number of ether oxygens (including phenoxy) is 1. The van der Waals surface area contributed by atoms with E-state index < -0.39 is 0 Å². The Hall–Kier alpha value is -0.720. The van der Waals surface area contributed by atoms with Crippen molar-refractivity contribution >= 4 is 38.8 Å². The molecule has 1 saturated heterocycles. The zero-order valence-corrected chi connectivity index (χ0v) is 11.0. The van der Waals surface area contributed by atoms with E-state index >= 15 is 0 Å². The number of thiocarbonyl (C=S) groups is 1. The molecule has 1 aliphatic rings. The SMILES string of the molecule is NC(=S)C1CN(c2ccncc2Br)CCO1. The number of hydrogen-bond acceptors (Lipinski definition) is 4. The molecule has 0 aromatic carbocycles. The van der Waals surface area contributed by atoms with Gasteiger partial charge in [-0.1, -0.05) is 12.2 Å². The van der Waals surface area contributed by atoms with Crippen molar-refractivity contribution in [3.8, 4) is 0 Å². The molecule has 2 N–H and O–H groups in total. The number of hydrogen-bond donors (Lipinski definition) is 1. The van der Waals surface area contributed by atoms with Crippen molar-refractivity contribution in [3.63, 3.8) is 0 Å². The second kappa shape index (κ2) is 5.07. The molecule has 86 valence electrons. The number of halogens is 1. The van der Waals surface area contributed by atoms with E-state index in [9.17, 15) is 0 Å². The minimum absolute atomic E-state index is 0.163. The fourth-order valence-corrected chi connectivity index (χ4v) is 2.31. The van der Waals surface area contributed by atoms with Crippen molar-refractivity contribution in [2.24, 2.45) is 5.73 Å². The molecular formula is C10H12BrN3OS. The molecular weight excluding hydrogens is 290 g/mol. The van der Waals surface area contributed by atoms with E-state index in [4.69, 9.17) is 22.7 Å². The standard InChI is InChI=1S/C10H12BrN3OS/c11-7-5-13-2-1-8(7)14-3-4-15-9(6-14)10(12)16/h1-2,5,9H,3-4,6H2,(H2,12,16). The Bertz CT molecular complexity index is 401. The predicted molar refractivity (Wildman–Crippen MR) is 70.7 cm³/mol. The third-order valence-electron chi connectivity index (χ3n) is 2.48. The van der Waals surface area contributed by atoms with Crippen molar-refractivity contribution in [2.75, 3.05) is 24.6 Å². The monoisotopic (exact) mass is 301 g/mol. The Kier molecular flexibility index (Phi) is 3.73. The summed E-state index contributed by atoms with van der Waals surface area (Å²) in [7, 11) is 0. The minimum atomic E-state index is -0.163. The van der Waals surface area contributed by atoms with Crippen molar-refractivity contribution in [1.29, 1.82) is 0 Å². The Labute approximate surface area is 108 Å². The van der Waals surface area contributed by atoms with Gasteiger partial charge in [0.25, 0.3) is 0 Å². The van der Waals surface area contributed by atoms with Crippen LogP contribution in [0, 0.1) is 0 Å². The second-order valence-electron chi connectivity index (χ2n) is 3.53. The first-order valence-corrected chi connectivity index (χ1v) is 6.14. The highest BCUT2D eigenvalue weighted by atomic mass is 79.9. The van der Waals surface area contributed by atoms with Gasteiger partial charge in [0.1, 0.15) is 11.1 Å². The van der Waals surface area contributed by atoms with Gasteiger partial charge in [0.05, 0.1) is 23.3 Å². The van der Waals surface area contributed by atoms with E-state index in [0.717, 1.165) is 16.7 Å². The van der Waals surface area contributed by atoms with E-state index in [1.54, 1.807) is 12.4 Å². The van der Waals surface area contributed by atoms with Gasteiger partial charge in [-0.3, -0.25) is 4.98 Å². The summed E-state index contributed by atoms with van der Waals surface area (Å²) < 4.78 is 6.46. The summed E-state index contributed by atoms with van der Waals surface area (Å²) in [5.74, 6) is 0. The molecule has 0 bridgehead atoms. The topological polar surface area (TPSA) is 51.4 Å². The van der Waals surface area contributed by atoms with Crippen LogP contribution >= 0.6 is 28.1 Å². The minimum Gasteiger partial charge on any atom is -0.391 e. The van der Waals surface area contributed by atoms with Crippen LogP contribution in [0.1, 0.15) is 0 Å². The molecule has 1 atom stereocenters. The maximum atomic E-state index is 5.60. The number of pyridine rings is 1. The lowest BCUT2D eigenvalue weighted by molar-refractivity contribution is 0.0847. The average Bonchev–Trinajstić information content (AvgIpc) is 2.30. The number of aromatic nitrogens is 1. The first-order valence-electron chi connectivity index (χ1n) is 4.94. The summed E-state index contributed by atoms with van der Waals surface area (Å²) in [4.78, 5) is 6.64. The first kappa shape index (κ1) is 11.8. The maximum absolute atomic E-state index is 5.60. The van der Waals surface area contributed by atoms with Gasteiger partial charge >= 0.3 is 0 Å². The Morgan fingerprint density at radius 2 is 2.50 bits per heavy atom. The Balaban J connectivity index is 2.16. The summed E-state index contributed by atoms with van der Waals surface area (Å²) in [6.07, 6.45) is 3.38.